The first kappa shape index (κ1) is 69.2. The third-order valence-corrected chi connectivity index (χ3v) is 21.3. The van der Waals surface area contributed by atoms with E-state index in [1.165, 1.54) is 15.9 Å². The van der Waals surface area contributed by atoms with Crippen molar-refractivity contribution in [3.8, 4) is 0 Å². The molecule has 0 saturated carbocycles. The number of imidazole rings is 3. The summed E-state index contributed by atoms with van der Waals surface area (Å²) in [5.74, 6) is -0.547. The Morgan fingerprint density at radius 2 is 0.717 bits per heavy atom. The molecule has 92 heavy (non-hydrogen) atoms. The largest absolute Gasteiger partial charge is 0.348 e. The molecule has 0 spiro atoms. The van der Waals surface area contributed by atoms with Crippen molar-refractivity contribution in [1.29, 1.82) is 0 Å². The number of carbonyl (C=O) groups excluding carboxylic acids is 9. The Morgan fingerprint density at radius 1 is 0.359 bits per heavy atom. The van der Waals surface area contributed by atoms with Gasteiger partial charge in [-0.1, -0.05) is 54.6 Å². The highest BCUT2D eigenvalue weighted by Gasteiger charge is 2.44. The van der Waals surface area contributed by atoms with Gasteiger partial charge in [-0.15, -0.1) is 0 Å². The van der Waals surface area contributed by atoms with E-state index in [2.05, 4.69) is 92.6 Å². The Morgan fingerprint density at radius 3 is 1.15 bits per heavy atom. The third-order valence-electron chi connectivity index (χ3n) is 16.8. The van der Waals surface area contributed by atoms with Crippen LogP contribution < -0.4 is 15.9 Å². The van der Waals surface area contributed by atoms with Gasteiger partial charge in [-0.3, -0.25) is 43.2 Å². The van der Waals surface area contributed by atoms with Crippen LogP contribution in [0.5, 0.6) is 0 Å². The van der Waals surface area contributed by atoms with Crippen molar-refractivity contribution < 1.29 is 43.2 Å². The SMILES string of the molecule is CN(C)CCCCC(=O)CCCC(=O)c1cc(CC(=O)c2nc(CC(=O)CCCC(=O)c3nc(CC(=O)c4cc(CC(=O)c5nc(CC(=O)CCCC(=O)CCCC[P+](c6ccccc6)(c6ccccc6)c6ccccc6)cn5C)cn4C)cn3C)cn2C)cn1C. The normalized spacial score (nSPS) is 11.6. The van der Waals surface area contributed by atoms with Gasteiger partial charge in [0.25, 0.3) is 0 Å². The second-order valence-electron chi connectivity index (χ2n) is 24.7. The number of hydrogen-bond donors (Lipinski definition) is 0. The molecule has 0 atom stereocenters. The van der Waals surface area contributed by atoms with E-state index in [1.807, 2.05) is 32.3 Å². The molecule has 0 aliphatic rings. The van der Waals surface area contributed by atoms with Gasteiger partial charge >= 0.3 is 0 Å². The molecule has 8 aromatic rings. The average molecular weight is 1270 g/mol. The number of rotatable bonds is 40. The minimum atomic E-state index is -1.97. The highest BCUT2D eigenvalue weighted by molar-refractivity contribution is 7.95. The maximum absolute atomic E-state index is 13.7. The summed E-state index contributed by atoms with van der Waals surface area (Å²) in [7, 11) is 10.6. The minimum absolute atomic E-state index is 0.00800. The third kappa shape index (κ3) is 18.9. The summed E-state index contributed by atoms with van der Waals surface area (Å²) in [6, 6.07) is 35.5. The molecule has 0 aliphatic carbocycles. The van der Waals surface area contributed by atoms with Crippen LogP contribution in [-0.2, 0) is 86.5 Å². The first-order valence-corrected chi connectivity index (χ1v) is 33.9. The number of unbranched alkanes of at least 4 members (excludes halogenated alkanes) is 2. The van der Waals surface area contributed by atoms with Gasteiger partial charge in [0.2, 0.25) is 11.6 Å². The number of aryl methyl sites for hydroxylation is 5. The highest BCUT2D eigenvalue weighted by Crippen LogP contribution is 2.56. The number of carbonyl (C=O) groups is 9. The van der Waals surface area contributed by atoms with Gasteiger partial charge in [-0.2, -0.15) is 0 Å². The molecule has 5 heterocycles. The smallest absolute Gasteiger partial charge is 0.202 e. The predicted octanol–water partition coefficient (Wildman–Crippen LogP) is 9.67. The second kappa shape index (κ2) is 33.0. The van der Waals surface area contributed by atoms with Crippen LogP contribution in [0.4, 0.5) is 0 Å². The molecular weight excluding hydrogens is 1180 g/mol. The Labute approximate surface area is 540 Å². The molecule has 482 valence electrons. The summed E-state index contributed by atoms with van der Waals surface area (Å²) < 4.78 is 8.11. The maximum atomic E-state index is 13.7. The molecule has 0 unspecified atom stereocenters. The molecule has 3 aromatic carbocycles. The zero-order valence-corrected chi connectivity index (χ0v) is 55.3. The molecule has 0 fully saturated rings. The number of aromatic nitrogens is 8. The molecule has 0 N–H and O–H groups in total. The molecule has 18 nitrogen and oxygen atoms in total. The van der Waals surface area contributed by atoms with E-state index in [0.29, 0.717) is 78.1 Å². The summed E-state index contributed by atoms with van der Waals surface area (Å²) in [6.45, 7) is 0.936. The van der Waals surface area contributed by atoms with Crippen LogP contribution in [0.15, 0.2) is 134 Å². The summed E-state index contributed by atoms with van der Waals surface area (Å²) >= 11 is 0. The van der Waals surface area contributed by atoms with Gasteiger partial charge in [-0.25, -0.2) is 15.0 Å². The van der Waals surface area contributed by atoms with Crippen LogP contribution in [0.1, 0.15) is 177 Å². The van der Waals surface area contributed by atoms with E-state index in [-0.39, 0.29) is 134 Å². The Kier molecular flexibility index (Phi) is 24.8. The van der Waals surface area contributed by atoms with Gasteiger partial charge in [0.1, 0.15) is 46.3 Å². The summed E-state index contributed by atoms with van der Waals surface area (Å²) in [5.41, 5.74) is 3.37. The molecule has 0 aliphatic heterocycles. The topological polar surface area (TPSA) is 220 Å². The highest BCUT2D eigenvalue weighted by atomic mass is 31.2. The van der Waals surface area contributed by atoms with Gasteiger partial charge in [-0.05, 0) is 125 Å². The lowest BCUT2D eigenvalue weighted by molar-refractivity contribution is -0.121. The monoisotopic (exact) mass is 1260 g/mol. The Bertz CT molecular complexity index is 3810. The lowest BCUT2D eigenvalue weighted by Gasteiger charge is -2.27. The average Bonchev–Trinajstić information content (AvgIpc) is 0.935. The molecule has 0 radical (unpaired) electrons. The summed E-state index contributed by atoms with van der Waals surface area (Å²) in [4.78, 5) is 134. The van der Waals surface area contributed by atoms with Crippen LogP contribution in [-0.4, -0.2) is 122 Å². The number of ketones is 9. The minimum Gasteiger partial charge on any atom is -0.348 e. The Balaban J connectivity index is 0.732. The van der Waals surface area contributed by atoms with E-state index in [9.17, 15) is 43.2 Å². The molecule has 0 saturated heterocycles. The maximum Gasteiger partial charge on any atom is 0.202 e. The predicted molar refractivity (Wildman–Crippen MR) is 358 cm³/mol. The first-order valence-electron chi connectivity index (χ1n) is 32.0. The van der Waals surface area contributed by atoms with Crippen molar-refractivity contribution in [1.82, 2.24) is 42.7 Å². The first-order chi connectivity index (χ1) is 44.2. The van der Waals surface area contributed by atoms with Crippen LogP contribution in [0.2, 0.25) is 0 Å². The van der Waals surface area contributed by atoms with E-state index in [1.54, 1.807) is 101 Å². The van der Waals surface area contributed by atoms with Crippen molar-refractivity contribution >= 4 is 75.2 Å². The summed E-state index contributed by atoms with van der Waals surface area (Å²) in [6.07, 6.45) is 16.2. The zero-order valence-electron chi connectivity index (χ0n) is 54.4. The van der Waals surface area contributed by atoms with E-state index in [0.717, 1.165) is 38.4 Å². The van der Waals surface area contributed by atoms with Crippen LogP contribution in [0, 0.1) is 0 Å². The number of benzene rings is 3. The van der Waals surface area contributed by atoms with Gasteiger partial charge in [0, 0.05) is 130 Å². The number of nitrogens with zero attached hydrogens (tertiary/aromatic N) is 9. The molecule has 0 bridgehead atoms. The quantitative estimate of drug-likeness (QED) is 0.0199. The van der Waals surface area contributed by atoms with Gasteiger partial charge < -0.3 is 27.7 Å². The van der Waals surface area contributed by atoms with Crippen molar-refractivity contribution in [2.24, 2.45) is 35.2 Å². The van der Waals surface area contributed by atoms with E-state index in [4.69, 9.17) is 0 Å². The fourth-order valence-electron chi connectivity index (χ4n) is 12.2. The molecule has 5 aromatic heterocycles. The van der Waals surface area contributed by atoms with E-state index < -0.39 is 7.26 Å². The lowest BCUT2D eigenvalue weighted by atomic mass is 10.0. The van der Waals surface area contributed by atoms with Gasteiger partial charge in [0.15, 0.2) is 34.8 Å². The van der Waals surface area contributed by atoms with Crippen molar-refractivity contribution in [2.75, 3.05) is 26.8 Å². The van der Waals surface area contributed by atoms with Crippen molar-refractivity contribution in [2.45, 2.75) is 128 Å². The Hall–Kier alpha value is -8.73. The number of hydrogen-bond acceptors (Lipinski definition) is 13. The van der Waals surface area contributed by atoms with Crippen LogP contribution >= 0.6 is 7.26 Å². The van der Waals surface area contributed by atoms with Crippen molar-refractivity contribution in [3.63, 3.8) is 0 Å². The molecule has 19 heteroatoms. The fourth-order valence-corrected chi connectivity index (χ4v) is 16.6. The second-order valence-corrected chi connectivity index (χ2v) is 28.3. The van der Waals surface area contributed by atoms with Crippen LogP contribution in [0.25, 0.3) is 0 Å². The molecular formula is C73H87N9O9P+. The fraction of sp³-hybridized carbons (Fsp3) is 0.397. The molecule has 8 rings (SSSR count). The van der Waals surface area contributed by atoms with Crippen LogP contribution in [0.3, 0.4) is 0 Å². The zero-order chi connectivity index (χ0) is 65.9. The standard InChI is InChI=1S/C73H87N9O9P/c1-77(2)38-19-17-24-57(83)27-22-36-66(87)64-40-52(47-78(64)3)42-69(90)72-75-55(50-82(72)7)45-60(86)29-23-37-67(88)71-76-56(51-80(71)5)46-68(89)65-41-53(48-79(65)4)43-70(91)73-74-54(49-81(73)6)44-59(85)28-21-26-58(84)25-18-20-39-92(61-30-11-8-12-31-61,62-32-13-9-14-33-62)63-34-15-10-16-35-63/h8-16,30-35,40-41,47-51H,17-29,36-39,42-46H2,1-7H3/q+1. The lowest BCUT2D eigenvalue weighted by Crippen LogP contribution is -2.33. The molecule has 0 amide bonds. The van der Waals surface area contributed by atoms with Gasteiger partial charge in [0.05, 0.1) is 53.9 Å². The summed E-state index contributed by atoms with van der Waals surface area (Å²) in [5, 5.41) is 3.96. The van der Waals surface area contributed by atoms with E-state index >= 15 is 0 Å². The van der Waals surface area contributed by atoms with Crippen molar-refractivity contribution in [3.05, 3.63) is 191 Å². The number of Topliss-reactive ketones (excluding diaryl/α,β-unsaturated/α-hetero) is 9.